The molecule has 1 aromatic carbocycles. The van der Waals surface area contributed by atoms with E-state index in [1.54, 1.807) is 0 Å². The predicted molar refractivity (Wildman–Crippen MR) is 74.9 cm³/mol. The van der Waals surface area contributed by atoms with Crippen molar-refractivity contribution < 1.29 is 4.79 Å². The molecule has 0 atom stereocenters. The van der Waals surface area contributed by atoms with Crippen LogP contribution in [0.3, 0.4) is 0 Å². The van der Waals surface area contributed by atoms with Crippen LogP contribution in [0, 0.1) is 0 Å². The Bertz CT molecular complexity index is 400. The van der Waals surface area contributed by atoms with Crippen molar-refractivity contribution in [1.82, 2.24) is 5.32 Å². The minimum Gasteiger partial charge on any atom is -0.382 e. The standard InChI is InChI=1S/C14H21N3O/c1-2-14(18)17-13-5-3-4-12(10-13)16-11-6-8-15-9-7-11/h3-5,10-11,15-16H,2,6-9H2,1H3,(H,17,18). The molecule has 18 heavy (non-hydrogen) atoms. The number of piperidine rings is 1. The van der Waals surface area contributed by atoms with Crippen LogP contribution in [0.15, 0.2) is 24.3 Å². The van der Waals surface area contributed by atoms with Crippen LogP contribution in [-0.2, 0) is 4.79 Å². The van der Waals surface area contributed by atoms with Gasteiger partial charge in [-0.3, -0.25) is 4.79 Å². The molecule has 0 unspecified atom stereocenters. The molecule has 0 bridgehead atoms. The zero-order valence-corrected chi connectivity index (χ0v) is 10.8. The van der Waals surface area contributed by atoms with Crippen molar-refractivity contribution in [2.75, 3.05) is 23.7 Å². The van der Waals surface area contributed by atoms with Gasteiger partial charge in [0.05, 0.1) is 0 Å². The number of rotatable bonds is 4. The molecule has 0 aromatic heterocycles. The number of hydrogen-bond donors (Lipinski definition) is 3. The summed E-state index contributed by atoms with van der Waals surface area (Å²) in [6, 6.07) is 8.46. The first-order valence-electron chi connectivity index (χ1n) is 6.65. The first-order valence-corrected chi connectivity index (χ1v) is 6.65. The van der Waals surface area contributed by atoms with E-state index in [-0.39, 0.29) is 5.91 Å². The van der Waals surface area contributed by atoms with Gasteiger partial charge in [-0.15, -0.1) is 0 Å². The van der Waals surface area contributed by atoms with Gasteiger partial charge in [-0.1, -0.05) is 13.0 Å². The molecule has 1 heterocycles. The predicted octanol–water partition coefficient (Wildman–Crippen LogP) is 2.20. The Labute approximate surface area is 108 Å². The van der Waals surface area contributed by atoms with Crippen LogP contribution in [0.1, 0.15) is 26.2 Å². The highest BCUT2D eigenvalue weighted by atomic mass is 16.1. The summed E-state index contributed by atoms with van der Waals surface area (Å²) in [5, 5.41) is 9.75. The van der Waals surface area contributed by atoms with E-state index in [9.17, 15) is 4.79 Å². The van der Waals surface area contributed by atoms with Gasteiger partial charge < -0.3 is 16.0 Å². The van der Waals surface area contributed by atoms with Crippen molar-refractivity contribution in [3.05, 3.63) is 24.3 Å². The zero-order chi connectivity index (χ0) is 12.8. The molecule has 0 radical (unpaired) electrons. The number of hydrogen-bond acceptors (Lipinski definition) is 3. The molecule has 4 nitrogen and oxygen atoms in total. The third-order valence-corrected chi connectivity index (χ3v) is 3.18. The van der Waals surface area contributed by atoms with Crippen LogP contribution in [0.25, 0.3) is 0 Å². The summed E-state index contributed by atoms with van der Waals surface area (Å²) in [5.41, 5.74) is 1.94. The summed E-state index contributed by atoms with van der Waals surface area (Å²) in [4.78, 5) is 11.3. The maximum Gasteiger partial charge on any atom is 0.224 e. The molecule has 3 N–H and O–H groups in total. The molecular formula is C14H21N3O. The van der Waals surface area contributed by atoms with E-state index in [1.165, 1.54) is 0 Å². The molecule has 1 aliphatic heterocycles. The summed E-state index contributed by atoms with van der Waals surface area (Å²) < 4.78 is 0. The molecular weight excluding hydrogens is 226 g/mol. The van der Waals surface area contributed by atoms with E-state index in [4.69, 9.17) is 0 Å². The van der Waals surface area contributed by atoms with Crippen LogP contribution in [0.2, 0.25) is 0 Å². The normalized spacial score (nSPS) is 16.3. The van der Waals surface area contributed by atoms with Gasteiger partial charge in [-0.05, 0) is 44.1 Å². The summed E-state index contributed by atoms with van der Waals surface area (Å²) in [7, 11) is 0. The largest absolute Gasteiger partial charge is 0.382 e. The van der Waals surface area contributed by atoms with Crippen LogP contribution in [-0.4, -0.2) is 25.0 Å². The van der Waals surface area contributed by atoms with Crippen molar-refractivity contribution in [1.29, 1.82) is 0 Å². The lowest BCUT2D eigenvalue weighted by molar-refractivity contribution is -0.115. The number of carbonyl (C=O) groups is 1. The van der Waals surface area contributed by atoms with E-state index in [1.807, 2.05) is 31.2 Å². The minimum atomic E-state index is 0.0500. The average Bonchev–Trinajstić information content (AvgIpc) is 2.40. The van der Waals surface area contributed by atoms with Crippen molar-refractivity contribution in [3.8, 4) is 0 Å². The van der Waals surface area contributed by atoms with Gasteiger partial charge in [0.1, 0.15) is 0 Å². The molecule has 98 valence electrons. The molecule has 1 saturated heterocycles. The topological polar surface area (TPSA) is 53.2 Å². The van der Waals surface area contributed by atoms with Crippen LogP contribution < -0.4 is 16.0 Å². The van der Waals surface area contributed by atoms with E-state index in [2.05, 4.69) is 16.0 Å². The maximum absolute atomic E-state index is 11.3. The molecule has 0 saturated carbocycles. The lowest BCUT2D eigenvalue weighted by Crippen LogP contribution is -2.35. The van der Waals surface area contributed by atoms with E-state index in [0.29, 0.717) is 12.5 Å². The van der Waals surface area contributed by atoms with Crippen LogP contribution >= 0.6 is 0 Å². The first kappa shape index (κ1) is 12.9. The highest BCUT2D eigenvalue weighted by molar-refractivity contribution is 5.90. The Balaban J connectivity index is 1.95. The number of benzene rings is 1. The van der Waals surface area contributed by atoms with Gasteiger partial charge in [-0.2, -0.15) is 0 Å². The second-order valence-corrected chi connectivity index (χ2v) is 4.65. The number of carbonyl (C=O) groups excluding carboxylic acids is 1. The second-order valence-electron chi connectivity index (χ2n) is 4.65. The second kappa shape index (κ2) is 6.40. The number of anilines is 2. The highest BCUT2D eigenvalue weighted by Gasteiger charge is 2.12. The zero-order valence-electron chi connectivity index (χ0n) is 10.8. The quantitative estimate of drug-likeness (QED) is 0.764. The van der Waals surface area contributed by atoms with Gasteiger partial charge in [0.2, 0.25) is 5.91 Å². The average molecular weight is 247 g/mol. The Hall–Kier alpha value is -1.55. The lowest BCUT2D eigenvalue weighted by atomic mass is 10.1. The molecule has 4 heteroatoms. The minimum absolute atomic E-state index is 0.0500. The van der Waals surface area contributed by atoms with Crippen molar-refractivity contribution >= 4 is 17.3 Å². The smallest absolute Gasteiger partial charge is 0.224 e. The van der Waals surface area contributed by atoms with Crippen molar-refractivity contribution in [3.63, 3.8) is 0 Å². The molecule has 1 aromatic rings. The lowest BCUT2D eigenvalue weighted by Gasteiger charge is -2.24. The first-order chi connectivity index (χ1) is 8.78. The Morgan fingerprint density at radius 1 is 1.33 bits per heavy atom. The van der Waals surface area contributed by atoms with Gasteiger partial charge in [0.15, 0.2) is 0 Å². The van der Waals surface area contributed by atoms with Crippen LogP contribution in [0.5, 0.6) is 0 Å². The Kier molecular flexibility index (Phi) is 4.59. The fourth-order valence-corrected chi connectivity index (χ4v) is 2.14. The van der Waals surface area contributed by atoms with Crippen molar-refractivity contribution in [2.45, 2.75) is 32.2 Å². The summed E-state index contributed by atoms with van der Waals surface area (Å²) in [6.45, 7) is 4.00. The van der Waals surface area contributed by atoms with E-state index >= 15 is 0 Å². The monoisotopic (exact) mass is 247 g/mol. The fraction of sp³-hybridized carbons (Fsp3) is 0.500. The number of amides is 1. The number of nitrogens with one attached hydrogen (secondary N) is 3. The molecule has 1 amide bonds. The fourth-order valence-electron chi connectivity index (χ4n) is 2.14. The molecule has 1 aliphatic rings. The van der Waals surface area contributed by atoms with Gasteiger partial charge in [0, 0.05) is 23.8 Å². The van der Waals surface area contributed by atoms with Gasteiger partial charge in [-0.25, -0.2) is 0 Å². The summed E-state index contributed by atoms with van der Waals surface area (Å²) >= 11 is 0. The Morgan fingerprint density at radius 2 is 2.06 bits per heavy atom. The molecule has 0 aliphatic carbocycles. The molecule has 2 rings (SSSR count). The van der Waals surface area contributed by atoms with Crippen LogP contribution in [0.4, 0.5) is 11.4 Å². The van der Waals surface area contributed by atoms with Crippen molar-refractivity contribution in [2.24, 2.45) is 0 Å². The highest BCUT2D eigenvalue weighted by Crippen LogP contribution is 2.18. The SMILES string of the molecule is CCC(=O)Nc1cccc(NC2CCNCC2)c1. The third-order valence-electron chi connectivity index (χ3n) is 3.18. The van der Waals surface area contributed by atoms with Gasteiger partial charge in [0.25, 0.3) is 0 Å². The summed E-state index contributed by atoms with van der Waals surface area (Å²) in [5.74, 6) is 0.0500. The third kappa shape index (κ3) is 3.74. The van der Waals surface area contributed by atoms with Gasteiger partial charge >= 0.3 is 0 Å². The Morgan fingerprint density at radius 3 is 2.78 bits per heavy atom. The molecule has 1 fully saturated rings. The molecule has 0 spiro atoms. The van der Waals surface area contributed by atoms with E-state index in [0.717, 1.165) is 37.3 Å². The van der Waals surface area contributed by atoms with E-state index < -0.39 is 0 Å². The summed E-state index contributed by atoms with van der Waals surface area (Å²) in [6.07, 6.45) is 2.79. The maximum atomic E-state index is 11.3.